The van der Waals surface area contributed by atoms with E-state index in [9.17, 15) is 18.5 Å². The Bertz CT molecular complexity index is 961. The molecule has 6 nitrogen and oxygen atoms in total. The van der Waals surface area contributed by atoms with Gasteiger partial charge in [-0.15, -0.1) is 22.7 Å². The Morgan fingerprint density at radius 2 is 1.62 bits per heavy atom. The molecule has 0 amide bonds. The number of sulfonamides is 1. The second-order valence-electron chi connectivity index (χ2n) is 5.64. The van der Waals surface area contributed by atoms with E-state index in [2.05, 4.69) is 0 Å². The molecule has 0 aliphatic carbocycles. The van der Waals surface area contributed by atoms with E-state index < -0.39 is 14.9 Å². The third-order valence-electron chi connectivity index (χ3n) is 3.83. The van der Waals surface area contributed by atoms with E-state index in [1.54, 1.807) is 6.92 Å². The maximum atomic E-state index is 13.2. The molecule has 1 aromatic carbocycles. The lowest BCUT2D eigenvalue weighted by Crippen LogP contribution is -2.29. The molecule has 3 aromatic rings. The molecule has 136 valence electrons. The van der Waals surface area contributed by atoms with Crippen molar-refractivity contribution in [1.82, 2.24) is 4.31 Å². The van der Waals surface area contributed by atoms with Crippen LogP contribution in [0.15, 0.2) is 58.1 Å². The number of aryl methyl sites for hydroxylation is 1. The van der Waals surface area contributed by atoms with Crippen molar-refractivity contribution in [2.24, 2.45) is 0 Å². The Balaban J connectivity index is 1.97. The molecule has 26 heavy (non-hydrogen) atoms. The highest BCUT2D eigenvalue weighted by Gasteiger charge is 2.27. The molecule has 0 N–H and O–H groups in total. The number of nitro groups is 1. The molecule has 0 radical (unpaired) electrons. The molecule has 0 bridgehead atoms. The van der Waals surface area contributed by atoms with Gasteiger partial charge in [0.2, 0.25) is 10.0 Å². The van der Waals surface area contributed by atoms with Crippen molar-refractivity contribution in [3.05, 3.63) is 78.7 Å². The van der Waals surface area contributed by atoms with Crippen molar-refractivity contribution in [2.75, 3.05) is 0 Å². The maximum absolute atomic E-state index is 13.2. The normalized spacial score (nSPS) is 11.8. The van der Waals surface area contributed by atoms with E-state index in [-0.39, 0.29) is 23.7 Å². The van der Waals surface area contributed by atoms with Crippen LogP contribution in [0.25, 0.3) is 0 Å². The number of hydrogen-bond acceptors (Lipinski definition) is 6. The minimum atomic E-state index is -3.79. The zero-order valence-corrected chi connectivity index (χ0v) is 16.3. The van der Waals surface area contributed by atoms with Crippen molar-refractivity contribution in [2.45, 2.75) is 24.9 Å². The average Bonchev–Trinajstić information content (AvgIpc) is 3.27. The quantitative estimate of drug-likeness (QED) is 0.428. The number of nitro benzene ring substituents is 1. The number of rotatable bonds is 7. The number of thiophene rings is 2. The first-order valence-corrected chi connectivity index (χ1v) is 10.9. The van der Waals surface area contributed by atoms with Gasteiger partial charge in [-0.1, -0.05) is 12.1 Å². The van der Waals surface area contributed by atoms with Crippen LogP contribution in [0.4, 0.5) is 5.69 Å². The standard InChI is InChI=1S/C17H16N2O4S3/c1-13-10-16(6-7-17(13)19(20)21)26(22,23)18(11-14-4-2-8-24-14)12-15-5-3-9-25-15/h2-10H,11-12H2,1H3. The molecule has 3 rings (SSSR count). The van der Waals surface area contributed by atoms with Gasteiger partial charge in [0.1, 0.15) is 0 Å². The predicted octanol–water partition coefficient (Wildman–Crippen LogP) is 4.42. The van der Waals surface area contributed by atoms with E-state index in [4.69, 9.17) is 0 Å². The largest absolute Gasteiger partial charge is 0.272 e. The molecule has 0 atom stereocenters. The van der Waals surface area contributed by atoms with E-state index in [1.165, 1.54) is 45.2 Å². The molecule has 0 fully saturated rings. The van der Waals surface area contributed by atoms with Gasteiger partial charge in [0.15, 0.2) is 0 Å². The zero-order valence-electron chi connectivity index (χ0n) is 13.9. The molecule has 0 saturated carbocycles. The second-order valence-corrected chi connectivity index (χ2v) is 9.64. The zero-order chi connectivity index (χ0) is 18.7. The van der Waals surface area contributed by atoms with Crippen LogP contribution in [0.1, 0.15) is 15.3 Å². The predicted molar refractivity (Wildman–Crippen MR) is 103 cm³/mol. The second kappa shape index (κ2) is 7.67. The molecular weight excluding hydrogens is 392 g/mol. The van der Waals surface area contributed by atoms with Crippen LogP contribution in [0.3, 0.4) is 0 Å². The van der Waals surface area contributed by atoms with Crippen LogP contribution in [-0.4, -0.2) is 17.6 Å². The Morgan fingerprint density at radius 1 is 1.04 bits per heavy atom. The molecule has 0 saturated heterocycles. The summed E-state index contributed by atoms with van der Waals surface area (Å²) in [6, 6.07) is 11.5. The molecule has 0 spiro atoms. The first-order valence-electron chi connectivity index (χ1n) is 7.68. The van der Waals surface area contributed by atoms with Crippen LogP contribution in [0.2, 0.25) is 0 Å². The summed E-state index contributed by atoms with van der Waals surface area (Å²) in [5.41, 5.74) is 0.232. The smallest absolute Gasteiger partial charge is 0.258 e. The third-order valence-corrected chi connectivity index (χ3v) is 7.34. The van der Waals surface area contributed by atoms with Gasteiger partial charge in [-0.3, -0.25) is 10.1 Å². The SMILES string of the molecule is Cc1cc(S(=O)(=O)N(Cc2cccs2)Cc2cccs2)ccc1[N+](=O)[O-]. The summed E-state index contributed by atoms with van der Waals surface area (Å²) in [7, 11) is -3.79. The fraction of sp³-hybridized carbons (Fsp3) is 0.176. The molecule has 2 heterocycles. The van der Waals surface area contributed by atoms with Crippen LogP contribution in [0.5, 0.6) is 0 Å². The molecule has 2 aromatic heterocycles. The van der Waals surface area contributed by atoms with Crippen molar-refractivity contribution in [3.8, 4) is 0 Å². The fourth-order valence-electron chi connectivity index (χ4n) is 2.52. The lowest BCUT2D eigenvalue weighted by molar-refractivity contribution is -0.385. The van der Waals surface area contributed by atoms with Gasteiger partial charge in [0, 0.05) is 34.5 Å². The minimum Gasteiger partial charge on any atom is -0.258 e. The number of hydrogen-bond donors (Lipinski definition) is 0. The van der Waals surface area contributed by atoms with E-state index in [0.717, 1.165) is 9.75 Å². The Hall–Kier alpha value is -2.07. The molecule has 0 aliphatic heterocycles. The van der Waals surface area contributed by atoms with Crippen molar-refractivity contribution < 1.29 is 13.3 Å². The minimum absolute atomic E-state index is 0.0636. The lowest BCUT2D eigenvalue weighted by Gasteiger charge is -2.21. The number of benzene rings is 1. The van der Waals surface area contributed by atoms with Crippen molar-refractivity contribution in [3.63, 3.8) is 0 Å². The summed E-state index contributed by atoms with van der Waals surface area (Å²) < 4.78 is 27.8. The number of nitrogens with zero attached hydrogens (tertiary/aromatic N) is 2. The highest BCUT2D eigenvalue weighted by atomic mass is 32.2. The fourth-order valence-corrected chi connectivity index (χ4v) is 5.61. The van der Waals surface area contributed by atoms with Gasteiger partial charge in [-0.2, -0.15) is 4.31 Å². The molecular formula is C17H16N2O4S3. The summed E-state index contributed by atoms with van der Waals surface area (Å²) >= 11 is 2.99. The summed E-state index contributed by atoms with van der Waals surface area (Å²) in [6.45, 7) is 2.06. The van der Waals surface area contributed by atoms with Crippen LogP contribution in [-0.2, 0) is 23.1 Å². The first-order chi connectivity index (χ1) is 12.4. The van der Waals surface area contributed by atoms with Crippen LogP contribution < -0.4 is 0 Å². The van der Waals surface area contributed by atoms with Gasteiger partial charge >= 0.3 is 0 Å². The van der Waals surface area contributed by atoms with E-state index in [0.29, 0.717) is 5.56 Å². The average molecular weight is 409 g/mol. The third kappa shape index (κ3) is 4.01. The van der Waals surface area contributed by atoms with Crippen molar-refractivity contribution >= 4 is 38.4 Å². The van der Waals surface area contributed by atoms with Crippen LogP contribution in [0, 0.1) is 17.0 Å². The summed E-state index contributed by atoms with van der Waals surface area (Å²) in [4.78, 5) is 12.4. The summed E-state index contributed by atoms with van der Waals surface area (Å²) in [5, 5.41) is 14.8. The van der Waals surface area contributed by atoms with Crippen LogP contribution >= 0.6 is 22.7 Å². The monoisotopic (exact) mass is 408 g/mol. The Morgan fingerprint density at radius 3 is 2.04 bits per heavy atom. The molecule has 0 unspecified atom stereocenters. The van der Waals surface area contributed by atoms with E-state index >= 15 is 0 Å². The highest BCUT2D eigenvalue weighted by Crippen LogP contribution is 2.27. The van der Waals surface area contributed by atoms with E-state index in [1.807, 2.05) is 35.0 Å². The van der Waals surface area contributed by atoms with Gasteiger partial charge in [-0.05, 0) is 41.9 Å². The maximum Gasteiger partial charge on any atom is 0.272 e. The lowest BCUT2D eigenvalue weighted by atomic mass is 10.2. The first kappa shape index (κ1) is 18.7. The van der Waals surface area contributed by atoms with Gasteiger partial charge in [0.05, 0.1) is 9.82 Å². The van der Waals surface area contributed by atoms with Gasteiger partial charge < -0.3 is 0 Å². The van der Waals surface area contributed by atoms with Crippen molar-refractivity contribution in [1.29, 1.82) is 0 Å². The molecule has 0 aliphatic rings. The summed E-state index contributed by atoms with van der Waals surface area (Å²) in [5.74, 6) is 0. The Labute approximate surface area is 159 Å². The van der Waals surface area contributed by atoms with Gasteiger partial charge in [-0.25, -0.2) is 8.42 Å². The highest BCUT2D eigenvalue weighted by molar-refractivity contribution is 7.89. The molecule has 9 heteroatoms. The topological polar surface area (TPSA) is 80.5 Å². The summed E-state index contributed by atoms with van der Waals surface area (Å²) in [6.07, 6.45) is 0. The van der Waals surface area contributed by atoms with Gasteiger partial charge in [0.25, 0.3) is 5.69 Å². The Kier molecular flexibility index (Phi) is 5.52.